The molecule has 2 heterocycles. The van der Waals surface area contributed by atoms with Crippen molar-refractivity contribution in [2.45, 2.75) is 31.8 Å². The molecule has 2 aliphatic heterocycles. The van der Waals surface area contributed by atoms with Gasteiger partial charge in [-0.15, -0.1) is 0 Å². The number of halogens is 2. The number of benzene rings is 1. The third-order valence-electron chi connectivity index (χ3n) is 3.90. The van der Waals surface area contributed by atoms with Gasteiger partial charge in [-0.2, -0.15) is 0 Å². The van der Waals surface area contributed by atoms with Crippen molar-refractivity contribution in [3.8, 4) is 0 Å². The number of nitrogens with zero attached hydrogens (tertiary/aromatic N) is 1. The molecule has 3 rings (SSSR count). The summed E-state index contributed by atoms with van der Waals surface area (Å²) in [4.78, 5) is 26.0. The lowest BCUT2D eigenvalue weighted by Gasteiger charge is -2.25. The average Bonchev–Trinajstić information content (AvgIpc) is 2.61. The monoisotopic (exact) mass is 340 g/mol. The Hall–Kier alpha value is -1.43. The highest BCUT2D eigenvalue weighted by molar-refractivity contribution is 9.10. The first-order valence-corrected chi connectivity index (χ1v) is 7.44. The van der Waals surface area contributed by atoms with Gasteiger partial charge in [0.05, 0.1) is 4.47 Å². The number of carbonyl (C=O) groups excluding carboxylic acids is 2. The summed E-state index contributed by atoms with van der Waals surface area (Å²) in [7, 11) is 0. The average molecular weight is 341 g/mol. The van der Waals surface area contributed by atoms with Crippen LogP contribution in [0, 0.1) is 5.82 Å². The Balaban J connectivity index is 1.93. The summed E-state index contributed by atoms with van der Waals surface area (Å²) >= 11 is 3.19. The molecule has 1 aromatic rings. The molecular formula is C14H14BrFN2O2. The van der Waals surface area contributed by atoms with E-state index in [2.05, 4.69) is 21.2 Å². The quantitative estimate of drug-likeness (QED) is 0.852. The number of hydrogen-bond donors (Lipinski definition) is 1. The second-order valence-corrected chi connectivity index (χ2v) is 5.92. The number of rotatable bonds is 1. The maximum atomic E-state index is 13.6. The van der Waals surface area contributed by atoms with Gasteiger partial charge in [-0.25, -0.2) is 4.39 Å². The van der Waals surface area contributed by atoms with E-state index in [0.717, 1.165) is 12.8 Å². The van der Waals surface area contributed by atoms with Gasteiger partial charge in [0, 0.05) is 24.2 Å². The number of carbonyl (C=O) groups is 2. The van der Waals surface area contributed by atoms with E-state index in [1.807, 2.05) is 0 Å². The van der Waals surface area contributed by atoms with Crippen molar-refractivity contribution in [1.29, 1.82) is 0 Å². The minimum Gasteiger partial charge on any atom is -0.354 e. The fourth-order valence-corrected chi connectivity index (χ4v) is 3.29. The second kappa shape index (κ2) is 5.16. The van der Waals surface area contributed by atoms with Gasteiger partial charge in [0.15, 0.2) is 0 Å². The largest absolute Gasteiger partial charge is 0.354 e. The van der Waals surface area contributed by atoms with Gasteiger partial charge in [-0.05, 0) is 47.3 Å². The first-order valence-electron chi connectivity index (χ1n) is 6.65. The van der Waals surface area contributed by atoms with E-state index in [4.69, 9.17) is 0 Å². The number of nitrogens with one attached hydrogen (secondary N) is 1. The molecule has 0 saturated carbocycles. The lowest BCUT2D eigenvalue weighted by molar-refractivity contribution is -0.125. The molecule has 1 unspecified atom stereocenters. The number of hydrogen-bond acceptors (Lipinski definition) is 2. The van der Waals surface area contributed by atoms with Crippen LogP contribution in [0.25, 0.3) is 0 Å². The van der Waals surface area contributed by atoms with Gasteiger partial charge in [0.1, 0.15) is 11.9 Å². The van der Waals surface area contributed by atoms with Crippen LogP contribution in [0.2, 0.25) is 0 Å². The molecule has 0 bridgehead atoms. The van der Waals surface area contributed by atoms with Gasteiger partial charge in [0.2, 0.25) is 5.91 Å². The van der Waals surface area contributed by atoms with Crippen LogP contribution in [0.4, 0.5) is 4.39 Å². The standard InChI is InChI=1S/C14H14BrFN2O2/c15-12-9-7-18(11-3-1-2-6-17-13(11)19)14(20)8(9)4-5-10(12)16/h4-5,11H,1-3,6-7H2,(H,17,19). The van der Waals surface area contributed by atoms with E-state index in [9.17, 15) is 14.0 Å². The summed E-state index contributed by atoms with van der Waals surface area (Å²) in [6.07, 6.45) is 2.49. The Bertz CT molecular complexity index is 591. The second-order valence-electron chi connectivity index (χ2n) is 5.12. The number of amides is 2. The Kier molecular flexibility index (Phi) is 3.50. The molecule has 4 nitrogen and oxygen atoms in total. The Morgan fingerprint density at radius 2 is 2.10 bits per heavy atom. The zero-order valence-electron chi connectivity index (χ0n) is 10.8. The SMILES string of the molecule is O=C1NCCCCC1N1Cc2c(ccc(F)c2Br)C1=O. The normalized spacial score (nSPS) is 22.5. The molecule has 0 aromatic heterocycles. The van der Waals surface area contributed by atoms with Crippen LogP contribution < -0.4 is 5.32 Å². The van der Waals surface area contributed by atoms with Crippen molar-refractivity contribution in [3.63, 3.8) is 0 Å². The molecule has 20 heavy (non-hydrogen) atoms. The number of fused-ring (bicyclic) bond motifs is 1. The first kappa shape index (κ1) is 13.5. The minimum absolute atomic E-state index is 0.111. The molecule has 0 aliphatic carbocycles. The zero-order chi connectivity index (χ0) is 14.3. The summed E-state index contributed by atoms with van der Waals surface area (Å²) < 4.78 is 13.9. The summed E-state index contributed by atoms with van der Waals surface area (Å²) in [6, 6.07) is 2.32. The van der Waals surface area contributed by atoms with Crippen molar-refractivity contribution < 1.29 is 14.0 Å². The molecule has 1 saturated heterocycles. The summed E-state index contributed by atoms with van der Waals surface area (Å²) in [5, 5.41) is 2.83. The topological polar surface area (TPSA) is 49.4 Å². The highest BCUT2D eigenvalue weighted by Crippen LogP contribution is 2.33. The molecule has 2 amide bonds. The highest BCUT2D eigenvalue weighted by atomic mass is 79.9. The molecule has 2 aliphatic rings. The van der Waals surface area contributed by atoms with E-state index < -0.39 is 6.04 Å². The van der Waals surface area contributed by atoms with Crippen molar-refractivity contribution in [2.75, 3.05) is 6.54 Å². The molecule has 1 atom stereocenters. The Morgan fingerprint density at radius 3 is 2.90 bits per heavy atom. The van der Waals surface area contributed by atoms with Crippen LogP contribution in [-0.4, -0.2) is 29.3 Å². The minimum atomic E-state index is -0.452. The van der Waals surface area contributed by atoms with Crippen LogP contribution in [-0.2, 0) is 11.3 Å². The smallest absolute Gasteiger partial charge is 0.255 e. The predicted octanol–water partition coefficient (Wildman–Crippen LogP) is 2.21. The Morgan fingerprint density at radius 1 is 1.30 bits per heavy atom. The van der Waals surface area contributed by atoms with Gasteiger partial charge in [-0.1, -0.05) is 0 Å². The van der Waals surface area contributed by atoms with Gasteiger partial charge in [0.25, 0.3) is 5.91 Å². The van der Waals surface area contributed by atoms with Gasteiger partial charge >= 0.3 is 0 Å². The zero-order valence-corrected chi connectivity index (χ0v) is 12.4. The molecule has 106 valence electrons. The van der Waals surface area contributed by atoms with Crippen LogP contribution in [0.5, 0.6) is 0 Å². The van der Waals surface area contributed by atoms with E-state index in [1.165, 1.54) is 12.1 Å². The van der Waals surface area contributed by atoms with Gasteiger partial charge < -0.3 is 10.2 Å². The molecule has 1 N–H and O–H groups in total. The van der Waals surface area contributed by atoms with Crippen molar-refractivity contribution in [1.82, 2.24) is 10.2 Å². The maximum Gasteiger partial charge on any atom is 0.255 e. The van der Waals surface area contributed by atoms with Crippen molar-refractivity contribution >= 4 is 27.7 Å². The highest BCUT2D eigenvalue weighted by Gasteiger charge is 2.38. The van der Waals surface area contributed by atoms with Crippen LogP contribution in [0.15, 0.2) is 16.6 Å². The molecule has 0 radical (unpaired) electrons. The van der Waals surface area contributed by atoms with E-state index >= 15 is 0 Å². The molecule has 6 heteroatoms. The third-order valence-corrected chi connectivity index (χ3v) is 4.76. The van der Waals surface area contributed by atoms with Crippen LogP contribution >= 0.6 is 15.9 Å². The Labute approximate surface area is 124 Å². The first-order chi connectivity index (χ1) is 9.59. The van der Waals surface area contributed by atoms with Crippen molar-refractivity contribution in [3.05, 3.63) is 33.5 Å². The predicted molar refractivity (Wildman–Crippen MR) is 74.6 cm³/mol. The molecule has 0 spiro atoms. The van der Waals surface area contributed by atoms with E-state index in [1.54, 1.807) is 4.90 Å². The van der Waals surface area contributed by atoms with E-state index in [0.29, 0.717) is 28.6 Å². The van der Waals surface area contributed by atoms with Crippen LogP contribution in [0.3, 0.4) is 0 Å². The third kappa shape index (κ3) is 2.12. The molecular weight excluding hydrogens is 327 g/mol. The lowest BCUT2D eigenvalue weighted by atomic mass is 10.1. The molecule has 1 aromatic carbocycles. The summed E-state index contributed by atoms with van der Waals surface area (Å²) in [5.41, 5.74) is 1.11. The molecule has 1 fully saturated rings. The maximum absolute atomic E-state index is 13.6. The lowest BCUT2D eigenvalue weighted by Crippen LogP contribution is -2.45. The van der Waals surface area contributed by atoms with Gasteiger partial charge in [-0.3, -0.25) is 9.59 Å². The van der Waals surface area contributed by atoms with Crippen molar-refractivity contribution in [2.24, 2.45) is 0 Å². The van der Waals surface area contributed by atoms with Crippen LogP contribution in [0.1, 0.15) is 35.2 Å². The summed E-state index contributed by atoms with van der Waals surface area (Å²) in [6.45, 7) is 0.938. The fraction of sp³-hybridized carbons (Fsp3) is 0.429. The fourth-order valence-electron chi connectivity index (χ4n) is 2.82. The summed E-state index contributed by atoms with van der Waals surface area (Å²) in [5.74, 6) is -0.688. The van der Waals surface area contributed by atoms with E-state index in [-0.39, 0.29) is 24.2 Å².